The van der Waals surface area contributed by atoms with Crippen LogP contribution in [0.3, 0.4) is 0 Å². The topological polar surface area (TPSA) is 49.3 Å². The molecule has 3 heteroatoms. The van der Waals surface area contributed by atoms with Crippen LogP contribution in [0, 0.1) is 5.41 Å². The first-order valence-electron chi connectivity index (χ1n) is 6.36. The summed E-state index contributed by atoms with van der Waals surface area (Å²) >= 11 is 0. The molecular formula is C13H25NO2. The van der Waals surface area contributed by atoms with Gasteiger partial charge < -0.3 is 10.4 Å². The predicted molar refractivity (Wildman–Crippen MR) is 65.1 cm³/mol. The van der Waals surface area contributed by atoms with E-state index in [4.69, 9.17) is 5.11 Å². The lowest BCUT2D eigenvalue weighted by Crippen LogP contribution is -2.40. The first kappa shape index (κ1) is 13.5. The van der Waals surface area contributed by atoms with Crippen LogP contribution in [0.5, 0.6) is 0 Å². The van der Waals surface area contributed by atoms with Crippen LogP contribution < -0.4 is 5.32 Å². The molecule has 0 aromatic rings. The maximum atomic E-state index is 11.6. The standard InChI is InChI=1S/C13H25NO2/c1-10(15)6-7-12(16)14-11-5-4-8-13(2,3)9-11/h10-11,15H,4-9H2,1-3H3,(H,14,16). The largest absolute Gasteiger partial charge is 0.393 e. The maximum Gasteiger partial charge on any atom is 0.220 e. The molecular weight excluding hydrogens is 202 g/mol. The van der Waals surface area contributed by atoms with Crippen LogP contribution in [0.25, 0.3) is 0 Å². The molecule has 1 aliphatic carbocycles. The molecule has 0 aromatic heterocycles. The summed E-state index contributed by atoms with van der Waals surface area (Å²) in [4.78, 5) is 11.6. The molecule has 1 fully saturated rings. The molecule has 16 heavy (non-hydrogen) atoms. The molecule has 1 rings (SSSR count). The van der Waals surface area contributed by atoms with E-state index in [0.717, 1.165) is 12.8 Å². The molecule has 2 N–H and O–H groups in total. The lowest BCUT2D eigenvalue weighted by molar-refractivity contribution is -0.122. The van der Waals surface area contributed by atoms with Gasteiger partial charge in [0.2, 0.25) is 5.91 Å². The van der Waals surface area contributed by atoms with Gasteiger partial charge in [-0.15, -0.1) is 0 Å². The van der Waals surface area contributed by atoms with Crippen LogP contribution in [0.2, 0.25) is 0 Å². The van der Waals surface area contributed by atoms with Crippen LogP contribution in [0.1, 0.15) is 59.3 Å². The Bertz CT molecular complexity index is 236. The molecule has 0 heterocycles. The van der Waals surface area contributed by atoms with Gasteiger partial charge >= 0.3 is 0 Å². The van der Waals surface area contributed by atoms with Crippen LogP contribution in [0.4, 0.5) is 0 Å². The average Bonchev–Trinajstić information content (AvgIpc) is 2.13. The predicted octanol–water partition coefficient (Wildman–Crippen LogP) is 2.23. The van der Waals surface area contributed by atoms with Crippen molar-refractivity contribution in [2.24, 2.45) is 5.41 Å². The third-order valence-electron chi connectivity index (χ3n) is 3.36. The minimum absolute atomic E-state index is 0.0867. The van der Waals surface area contributed by atoms with E-state index in [-0.39, 0.29) is 12.0 Å². The second-order valence-electron chi connectivity index (χ2n) is 5.91. The number of hydrogen-bond acceptors (Lipinski definition) is 2. The number of aliphatic hydroxyl groups is 1. The molecule has 3 nitrogen and oxygen atoms in total. The molecule has 2 unspecified atom stereocenters. The average molecular weight is 227 g/mol. The molecule has 0 radical (unpaired) electrons. The Balaban J connectivity index is 2.28. The summed E-state index contributed by atoms with van der Waals surface area (Å²) < 4.78 is 0. The highest BCUT2D eigenvalue weighted by atomic mass is 16.3. The van der Waals surface area contributed by atoms with E-state index in [1.54, 1.807) is 6.92 Å². The van der Waals surface area contributed by atoms with Crippen molar-refractivity contribution >= 4 is 5.91 Å². The van der Waals surface area contributed by atoms with Gasteiger partial charge in [-0.25, -0.2) is 0 Å². The van der Waals surface area contributed by atoms with Gasteiger partial charge in [-0.3, -0.25) is 4.79 Å². The van der Waals surface area contributed by atoms with Crippen molar-refractivity contribution in [1.82, 2.24) is 5.32 Å². The van der Waals surface area contributed by atoms with Gasteiger partial charge in [0.05, 0.1) is 6.10 Å². The van der Waals surface area contributed by atoms with E-state index >= 15 is 0 Å². The molecule has 0 bridgehead atoms. The van der Waals surface area contributed by atoms with Crippen molar-refractivity contribution in [1.29, 1.82) is 0 Å². The van der Waals surface area contributed by atoms with Gasteiger partial charge in [0, 0.05) is 12.5 Å². The summed E-state index contributed by atoms with van der Waals surface area (Å²) in [6, 6.07) is 0.338. The lowest BCUT2D eigenvalue weighted by Gasteiger charge is -2.35. The lowest BCUT2D eigenvalue weighted by atomic mass is 9.75. The number of amides is 1. The second kappa shape index (κ2) is 5.67. The Hall–Kier alpha value is -0.570. The summed E-state index contributed by atoms with van der Waals surface area (Å²) in [6.07, 6.45) is 5.25. The Morgan fingerprint density at radius 1 is 1.56 bits per heavy atom. The molecule has 1 amide bonds. The van der Waals surface area contributed by atoms with Crippen molar-refractivity contribution in [3.63, 3.8) is 0 Å². The molecule has 1 saturated carbocycles. The minimum Gasteiger partial charge on any atom is -0.393 e. The van der Waals surface area contributed by atoms with E-state index in [9.17, 15) is 4.79 Å². The number of aliphatic hydroxyl groups excluding tert-OH is 1. The maximum absolute atomic E-state index is 11.6. The highest BCUT2D eigenvalue weighted by Gasteiger charge is 2.28. The van der Waals surface area contributed by atoms with Gasteiger partial charge in [-0.1, -0.05) is 20.3 Å². The zero-order valence-electron chi connectivity index (χ0n) is 10.8. The fraction of sp³-hybridized carbons (Fsp3) is 0.923. The van der Waals surface area contributed by atoms with Crippen molar-refractivity contribution in [2.45, 2.75) is 71.4 Å². The molecule has 1 aliphatic rings. The van der Waals surface area contributed by atoms with Crippen LogP contribution in [-0.2, 0) is 4.79 Å². The highest BCUT2D eigenvalue weighted by molar-refractivity contribution is 5.76. The number of hydrogen-bond donors (Lipinski definition) is 2. The third kappa shape index (κ3) is 4.97. The number of carbonyl (C=O) groups excluding carboxylic acids is 1. The van der Waals surface area contributed by atoms with Gasteiger partial charge in [-0.05, 0) is 38.0 Å². The van der Waals surface area contributed by atoms with Crippen molar-refractivity contribution < 1.29 is 9.90 Å². The molecule has 0 spiro atoms. The summed E-state index contributed by atoms with van der Waals surface area (Å²) in [6.45, 7) is 6.25. The first-order chi connectivity index (χ1) is 7.39. The van der Waals surface area contributed by atoms with Crippen molar-refractivity contribution in [2.75, 3.05) is 0 Å². The number of carbonyl (C=O) groups is 1. The molecule has 0 saturated heterocycles. The summed E-state index contributed by atoms with van der Waals surface area (Å²) in [7, 11) is 0. The van der Waals surface area contributed by atoms with E-state index in [1.165, 1.54) is 12.8 Å². The van der Waals surface area contributed by atoms with E-state index in [1.807, 2.05) is 0 Å². The number of nitrogens with one attached hydrogen (secondary N) is 1. The fourth-order valence-electron chi connectivity index (χ4n) is 2.46. The monoisotopic (exact) mass is 227 g/mol. The van der Waals surface area contributed by atoms with Gasteiger partial charge in [0.1, 0.15) is 0 Å². The van der Waals surface area contributed by atoms with Crippen molar-refractivity contribution in [3.8, 4) is 0 Å². The highest BCUT2D eigenvalue weighted by Crippen LogP contribution is 2.35. The minimum atomic E-state index is -0.381. The van der Waals surface area contributed by atoms with Gasteiger partial charge in [-0.2, -0.15) is 0 Å². The third-order valence-corrected chi connectivity index (χ3v) is 3.36. The molecule has 94 valence electrons. The summed E-state index contributed by atoms with van der Waals surface area (Å²) in [5.41, 5.74) is 0.362. The zero-order chi connectivity index (χ0) is 12.2. The summed E-state index contributed by atoms with van der Waals surface area (Å²) in [5.74, 6) is 0.0867. The summed E-state index contributed by atoms with van der Waals surface area (Å²) in [5, 5.41) is 12.2. The smallest absolute Gasteiger partial charge is 0.220 e. The van der Waals surface area contributed by atoms with Gasteiger partial charge in [0.15, 0.2) is 0 Å². The van der Waals surface area contributed by atoms with Crippen molar-refractivity contribution in [3.05, 3.63) is 0 Å². The van der Waals surface area contributed by atoms with E-state index in [0.29, 0.717) is 24.3 Å². The Morgan fingerprint density at radius 3 is 2.81 bits per heavy atom. The first-order valence-corrected chi connectivity index (χ1v) is 6.36. The Morgan fingerprint density at radius 2 is 2.25 bits per heavy atom. The molecule has 0 aromatic carbocycles. The fourth-order valence-corrected chi connectivity index (χ4v) is 2.46. The van der Waals surface area contributed by atoms with Gasteiger partial charge in [0.25, 0.3) is 0 Å². The molecule has 0 aliphatic heterocycles. The second-order valence-corrected chi connectivity index (χ2v) is 5.91. The number of rotatable bonds is 4. The SMILES string of the molecule is CC(O)CCC(=O)NC1CCCC(C)(C)C1. The van der Waals surface area contributed by atoms with Crippen LogP contribution in [0.15, 0.2) is 0 Å². The van der Waals surface area contributed by atoms with E-state index < -0.39 is 0 Å². The quantitative estimate of drug-likeness (QED) is 0.773. The zero-order valence-corrected chi connectivity index (χ0v) is 10.8. The van der Waals surface area contributed by atoms with Crippen LogP contribution in [-0.4, -0.2) is 23.2 Å². The Labute approximate surface area is 98.6 Å². The van der Waals surface area contributed by atoms with E-state index in [2.05, 4.69) is 19.2 Å². The van der Waals surface area contributed by atoms with Crippen LogP contribution >= 0.6 is 0 Å². The Kier molecular flexibility index (Phi) is 4.78. The molecule has 2 atom stereocenters. The normalized spacial score (nSPS) is 26.1.